The molecular formula is C28H24N8. The maximum absolute atomic E-state index is 4.70. The van der Waals surface area contributed by atoms with Crippen molar-refractivity contribution in [2.45, 2.75) is 19.4 Å². The summed E-state index contributed by atoms with van der Waals surface area (Å²) in [5.74, 6) is 0. The first-order valence-corrected chi connectivity index (χ1v) is 12.2. The van der Waals surface area contributed by atoms with Crippen molar-refractivity contribution in [3.05, 3.63) is 79.1 Å². The molecule has 7 heterocycles. The number of aromatic amines is 2. The van der Waals surface area contributed by atoms with Crippen molar-refractivity contribution in [1.82, 2.24) is 40.0 Å². The van der Waals surface area contributed by atoms with Gasteiger partial charge in [0.1, 0.15) is 11.3 Å². The lowest BCUT2D eigenvalue weighted by molar-refractivity contribution is 0.331. The van der Waals surface area contributed by atoms with Crippen molar-refractivity contribution in [3.8, 4) is 33.8 Å². The van der Waals surface area contributed by atoms with Crippen LogP contribution in [0.4, 0.5) is 0 Å². The van der Waals surface area contributed by atoms with E-state index in [1.165, 1.54) is 18.4 Å². The molecule has 8 heteroatoms. The summed E-state index contributed by atoms with van der Waals surface area (Å²) in [5.41, 5.74) is 8.68. The first-order valence-electron chi connectivity index (χ1n) is 12.2. The predicted octanol–water partition coefficient (Wildman–Crippen LogP) is 5.22. The van der Waals surface area contributed by atoms with E-state index in [0.29, 0.717) is 0 Å². The van der Waals surface area contributed by atoms with Crippen LogP contribution in [-0.4, -0.2) is 53.1 Å². The third-order valence-corrected chi connectivity index (χ3v) is 6.90. The first-order chi connectivity index (χ1) is 17.8. The number of fused-ring (bicyclic) bond motifs is 2. The summed E-state index contributed by atoms with van der Waals surface area (Å²) >= 11 is 0. The van der Waals surface area contributed by atoms with Crippen LogP contribution in [0.2, 0.25) is 0 Å². The van der Waals surface area contributed by atoms with Crippen LogP contribution in [-0.2, 0) is 6.54 Å². The molecule has 7 rings (SSSR count). The second-order valence-corrected chi connectivity index (χ2v) is 9.30. The second kappa shape index (κ2) is 8.66. The Bertz CT molecular complexity index is 1680. The van der Waals surface area contributed by atoms with E-state index in [2.05, 4.69) is 59.3 Å². The molecule has 8 nitrogen and oxygen atoms in total. The third-order valence-electron chi connectivity index (χ3n) is 6.90. The second-order valence-electron chi connectivity index (χ2n) is 9.30. The lowest BCUT2D eigenvalue weighted by atomic mass is 10.1. The van der Waals surface area contributed by atoms with Crippen LogP contribution in [0.1, 0.15) is 18.4 Å². The van der Waals surface area contributed by atoms with Gasteiger partial charge in [0.2, 0.25) is 0 Å². The minimum atomic E-state index is 0.815. The minimum absolute atomic E-state index is 0.815. The molecule has 1 saturated heterocycles. The molecule has 0 unspecified atom stereocenters. The quantitative estimate of drug-likeness (QED) is 0.357. The van der Waals surface area contributed by atoms with Crippen LogP contribution < -0.4 is 0 Å². The number of H-pyrrole nitrogens is 2. The maximum Gasteiger partial charge on any atom is 0.138 e. The largest absolute Gasteiger partial charge is 0.338 e. The van der Waals surface area contributed by atoms with E-state index in [0.717, 1.165) is 75.3 Å². The molecule has 1 fully saturated rings. The fourth-order valence-electron chi connectivity index (χ4n) is 5.12. The van der Waals surface area contributed by atoms with Gasteiger partial charge in [-0.15, -0.1) is 0 Å². The zero-order valence-electron chi connectivity index (χ0n) is 19.6. The van der Waals surface area contributed by atoms with Crippen molar-refractivity contribution >= 4 is 21.9 Å². The number of nitrogens with one attached hydrogen (secondary N) is 2. The van der Waals surface area contributed by atoms with E-state index in [-0.39, 0.29) is 0 Å². The Balaban J connectivity index is 1.28. The molecule has 1 aliphatic rings. The molecule has 2 N–H and O–H groups in total. The van der Waals surface area contributed by atoms with Gasteiger partial charge in [-0.3, -0.25) is 25.0 Å². The summed E-state index contributed by atoms with van der Waals surface area (Å²) in [6, 6.07) is 12.4. The van der Waals surface area contributed by atoms with Crippen LogP contribution in [0.5, 0.6) is 0 Å². The van der Waals surface area contributed by atoms with E-state index in [9.17, 15) is 0 Å². The van der Waals surface area contributed by atoms with E-state index in [1.54, 1.807) is 6.20 Å². The average Bonchev–Trinajstić information content (AvgIpc) is 3.68. The van der Waals surface area contributed by atoms with E-state index >= 15 is 0 Å². The molecule has 36 heavy (non-hydrogen) atoms. The smallest absolute Gasteiger partial charge is 0.138 e. The Morgan fingerprint density at radius 3 is 2.64 bits per heavy atom. The fraction of sp³-hybridized carbons (Fsp3) is 0.179. The highest BCUT2D eigenvalue weighted by Gasteiger charge is 2.16. The summed E-state index contributed by atoms with van der Waals surface area (Å²) in [4.78, 5) is 24.0. The van der Waals surface area contributed by atoms with Gasteiger partial charge in [-0.1, -0.05) is 6.07 Å². The number of aromatic nitrogens is 7. The topological polar surface area (TPSA) is 99.3 Å². The SMILES string of the molecule is c1cncc(-c2ccnc3[nH]c(-c4n[nH]c5cnc(-c6cncc(CN7CCCC7)c6)cc45)cc23)c1. The first kappa shape index (κ1) is 20.9. The Morgan fingerprint density at radius 2 is 1.75 bits per heavy atom. The van der Waals surface area contributed by atoms with Gasteiger partial charge in [0.15, 0.2) is 0 Å². The molecule has 0 aromatic carbocycles. The number of hydrogen-bond acceptors (Lipinski definition) is 6. The van der Waals surface area contributed by atoms with Gasteiger partial charge < -0.3 is 4.98 Å². The van der Waals surface area contributed by atoms with Crippen molar-refractivity contribution in [2.24, 2.45) is 0 Å². The van der Waals surface area contributed by atoms with Gasteiger partial charge in [0.05, 0.1) is 23.1 Å². The van der Waals surface area contributed by atoms with Crippen LogP contribution >= 0.6 is 0 Å². The number of likely N-dealkylation sites (tertiary alicyclic amines) is 1. The number of rotatable bonds is 5. The monoisotopic (exact) mass is 472 g/mol. The normalized spacial score (nSPS) is 14.2. The van der Waals surface area contributed by atoms with Gasteiger partial charge in [-0.05, 0) is 67.4 Å². The molecule has 1 aliphatic heterocycles. The van der Waals surface area contributed by atoms with Crippen LogP contribution in [0.15, 0.2) is 73.6 Å². The zero-order chi connectivity index (χ0) is 23.9. The van der Waals surface area contributed by atoms with Gasteiger partial charge in [0.25, 0.3) is 0 Å². The molecule has 0 bridgehead atoms. The third kappa shape index (κ3) is 3.72. The van der Waals surface area contributed by atoms with Crippen molar-refractivity contribution < 1.29 is 0 Å². The summed E-state index contributed by atoms with van der Waals surface area (Å²) in [5, 5.41) is 9.79. The Labute approximate surface area is 207 Å². The maximum atomic E-state index is 4.70. The molecule has 176 valence electrons. The summed E-state index contributed by atoms with van der Waals surface area (Å²) in [6.07, 6.45) is 13.7. The lowest BCUT2D eigenvalue weighted by Gasteiger charge is -2.14. The highest BCUT2D eigenvalue weighted by Crippen LogP contribution is 2.34. The highest BCUT2D eigenvalue weighted by molar-refractivity contribution is 6.00. The Hall–Kier alpha value is -4.43. The van der Waals surface area contributed by atoms with Crippen LogP contribution in [0.3, 0.4) is 0 Å². The molecule has 6 aromatic heterocycles. The highest BCUT2D eigenvalue weighted by atomic mass is 15.1. The summed E-state index contributed by atoms with van der Waals surface area (Å²) in [7, 11) is 0. The molecule has 0 saturated carbocycles. The summed E-state index contributed by atoms with van der Waals surface area (Å²) in [6.45, 7) is 3.25. The van der Waals surface area contributed by atoms with Gasteiger partial charge >= 0.3 is 0 Å². The number of nitrogens with zero attached hydrogens (tertiary/aromatic N) is 6. The predicted molar refractivity (Wildman–Crippen MR) is 140 cm³/mol. The van der Waals surface area contributed by atoms with E-state index in [1.807, 2.05) is 43.1 Å². The molecule has 0 spiro atoms. The van der Waals surface area contributed by atoms with Crippen molar-refractivity contribution in [1.29, 1.82) is 0 Å². The van der Waals surface area contributed by atoms with Gasteiger partial charge in [-0.25, -0.2) is 4.98 Å². The molecular weight excluding hydrogens is 448 g/mol. The average molecular weight is 473 g/mol. The molecule has 0 amide bonds. The Morgan fingerprint density at radius 1 is 0.833 bits per heavy atom. The van der Waals surface area contributed by atoms with Crippen molar-refractivity contribution in [3.63, 3.8) is 0 Å². The molecule has 6 aromatic rings. The van der Waals surface area contributed by atoms with E-state index in [4.69, 9.17) is 4.98 Å². The molecule has 0 aliphatic carbocycles. The number of hydrogen-bond donors (Lipinski definition) is 2. The van der Waals surface area contributed by atoms with Gasteiger partial charge in [-0.2, -0.15) is 5.10 Å². The van der Waals surface area contributed by atoms with Crippen molar-refractivity contribution in [2.75, 3.05) is 13.1 Å². The molecule has 0 atom stereocenters. The van der Waals surface area contributed by atoms with Crippen LogP contribution in [0.25, 0.3) is 55.7 Å². The van der Waals surface area contributed by atoms with Crippen LogP contribution in [0, 0.1) is 0 Å². The minimum Gasteiger partial charge on any atom is -0.338 e. The standard InChI is InChI=1S/C28H24N8/c1-2-9-36(8-1)17-18-10-20(15-30-13-18)24-12-23-26(16-32-24)34-35-27(23)25-11-22-21(5-7-31-28(22)33-25)19-4-3-6-29-14-19/h3-7,10-16H,1-2,8-9,17H2,(H,31,33)(H,34,35). The Kier molecular flexibility index (Phi) is 5.03. The summed E-state index contributed by atoms with van der Waals surface area (Å²) < 4.78 is 0. The van der Waals surface area contributed by atoms with Gasteiger partial charge in [0, 0.05) is 59.4 Å². The fourth-order valence-corrected chi connectivity index (χ4v) is 5.12. The zero-order valence-corrected chi connectivity index (χ0v) is 19.6. The molecule has 0 radical (unpaired) electrons. The van der Waals surface area contributed by atoms with E-state index < -0.39 is 0 Å². The lowest BCUT2D eigenvalue weighted by Crippen LogP contribution is -2.18. The number of pyridine rings is 4.